The minimum atomic E-state index is -0.451. The zero-order valence-corrected chi connectivity index (χ0v) is 14.8. The first-order valence-corrected chi connectivity index (χ1v) is 8.17. The lowest BCUT2D eigenvalue weighted by Gasteiger charge is -2.25. The molecule has 1 aromatic carbocycles. The average Bonchev–Trinajstić information content (AvgIpc) is 2.94. The van der Waals surface area contributed by atoms with Crippen molar-refractivity contribution in [1.29, 1.82) is 0 Å². The number of methoxy groups -OCH3 is 1. The van der Waals surface area contributed by atoms with Gasteiger partial charge in [-0.25, -0.2) is 4.79 Å². The molecular formula is C18H28N2O3. The Balaban J connectivity index is 1.91. The Morgan fingerprint density at radius 2 is 2.04 bits per heavy atom. The van der Waals surface area contributed by atoms with Crippen LogP contribution in [0.5, 0.6) is 5.75 Å². The first kappa shape index (κ1) is 17.6. The van der Waals surface area contributed by atoms with Gasteiger partial charge in [-0.05, 0) is 40.2 Å². The van der Waals surface area contributed by atoms with Crippen LogP contribution in [-0.2, 0) is 4.74 Å². The lowest BCUT2D eigenvalue weighted by atomic mass is 10.1. The summed E-state index contributed by atoms with van der Waals surface area (Å²) in [6, 6.07) is 8.44. The van der Waals surface area contributed by atoms with E-state index in [0.717, 1.165) is 24.3 Å². The molecule has 1 saturated heterocycles. The van der Waals surface area contributed by atoms with E-state index in [1.165, 1.54) is 0 Å². The molecule has 2 atom stereocenters. The highest BCUT2D eigenvalue weighted by molar-refractivity contribution is 5.68. The Kier molecular flexibility index (Phi) is 5.52. The summed E-state index contributed by atoms with van der Waals surface area (Å²) in [4.78, 5) is 13.9. The van der Waals surface area contributed by atoms with Gasteiger partial charge in [0, 0.05) is 30.7 Å². The maximum absolute atomic E-state index is 12.1. The summed E-state index contributed by atoms with van der Waals surface area (Å²) in [6.07, 6.45) is 0.699. The summed E-state index contributed by atoms with van der Waals surface area (Å²) in [7, 11) is 1.69. The smallest absolute Gasteiger partial charge is 0.410 e. The van der Waals surface area contributed by atoms with E-state index in [4.69, 9.17) is 9.47 Å². The summed E-state index contributed by atoms with van der Waals surface area (Å²) >= 11 is 0. The lowest BCUT2D eigenvalue weighted by molar-refractivity contribution is 0.0290. The Morgan fingerprint density at radius 3 is 2.70 bits per heavy atom. The monoisotopic (exact) mass is 320 g/mol. The second kappa shape index (κ2) is 7.21. The van der Waals surface area contributed by atoms with E-state index in [9.17, 15) is 4.79 Å². The second-order valence-corrected chi connectivity index (χ2v) is 7.04. The van der Waals surface area contributed by atoms with E-state index in [0.29, 0.717) is 6.54 Å². The predicted molar refractivity (Wildman–Crippen MR) is 90.8 cm³/mol. The number of para-hydroxylation sites is 1. The van der Waals surface area contributed by atoms with Gasteiger partial charge in [-0.1, -0.05) is 18.2 Å². The molecule has 0 bridgehead atoms. The quantitative estimate of drug-likeness (QED) is 0.924. The number of hydrogen-bond donors (Lipinski definition) is 1. The average molecular weight is 320 g/mol. The second-order valence-electron chi connectivity index (χ2n) is 7.04. The standard InChI is InChI=1S/C18H28N2O3/c1-13(15-8-6-7-9-16(15)22-5)19-14-10-11-20(12-14)17(21)23-18(2,3)4/h6-9,13-14,19H,10-12H2,1-5H3/t13-,14?/m0/s1. The molecule has 1 aliphatic rings. The molecule has 1 amide bonds. The number of rotatable bonds is 4. The number of benzene rings is 1. The molecule has 0 spiro atoms. The maximum atomic E-state index is 12.1. The van der Waals surface area contributed by atoms with Gasteiger partial charge in [-0.15, -0.1) is 0 Å². The Morgan fingerprint density at radius 1 is 1.35 bits per heavy atom. The normalized spacial score (nSPS) is 19.5. The molecule has 1 aromatic rings. The van der Waals surface area contributed by atoms with Crippen LogP contribution in [-0.4, -0.2) is 42.8 Å². The third-order valence-corrected chi connectivity index (χ3v) is 3.93. The molecule has 5 nitrogen and oxygen atoms in total. The van der Waals surface area contributed by atoms with E-state index < -0.39 is 5.60 Å². The van der Waals surface area contributed by atoms with Crippen molar-refractivity contribution in [2.24, 2.45) is 0 Å². The van der Waals surface area contributed by atoms with Crippen LogP contribution < -0.4 is 10.1 Å². The van der Waals surface area contributed by atoms with Gasteiger partial charge in [0.15, 0.2) is 0 Å². The number of ether oxygens (including phenoxy) is 2. The highest BCUT2D eigenvalue weighted by Crippen LogP contribution is 2.26. The van der Waals surface area contributed by atoms with Crippen LogP contribution in [0.4, 0.5) is 4.79 Å². The highest BCUT2D eigenvalue weighted by Gasteiger charge is 2.30. The van der Waals surface area contributed by atoms with Gasteiger partial charge >= 0.3 is 6.09 Å². The van der Waals surface area contributed by atoms with Gasteiger partial charge in [-0.3, -0.25) is 0 Å². The number of carbonyl (C=O) groups is 1. The summed E-state index contributed by atoms with van der Waals surface area (Å²) < 4.78 is 10.9. The minimum absolute atomic E-state index is 0.162. The van der Waals surface area contributed by atoms with Crippen LogP contribution in [0, 0.1) is 0 Å². The number of nitrogens with zero attached hydrogens (tertiary/aromatic N) is 1. The molecule has 1 aliphatic heterocycles. The van der Waals surface area contributed by atoms with Crippen molar-refractivity contribution in [3.63, 3.8) is 0 Å². The number of likely N-dealkylation sites (tertiary alicyclic amines) is 1. The molecule has 5 heteroatoms. The van der Waals surface area contributed by atoms with Crippen LogP contribution in [0.2, 0.25) is 0 Å². The maximum Gasteiger partial charge on any atom is 0.410 e. The fourth-order valence-corrected chi connectivity index (χ4v) is 2.86. The molecule has 128 valence electrons. The molecule has 1 heterocycles. The summed E-state index contributed by atoms with van der Waals surface area (Å²) in [5.74, 6) is 0.884. The Hall–Kier alpha value is -1.75. The zero-order chi connectivity index (χ0) is 17.0. The van der Waals surface area contributed by atoms with Gasteiger partial charge in [0.2, 0.25) is 0 Å². The molecule has 2 rings (SSSR count). The van der Waals surface area contributed by atoms with Crippen molar-refractivity contribution in [3.05, 3.63) is 29.8 Å². The third kappa shape index (κ3) is 4.86. The van der Waals surface area contributed by atoms with Gasteiger partial charge in [0.1, 0.15) is 11.4 Å². The van der Waals surface area contributed by atoms with Crippen LogP contribution in [0.1, 0.15) is 45.7 Å². The number of nitrogens with one attached hydrogen (secondary N) is 1. The molecule has 23 heavy (non-hydrogen) atoms. The lowest BCUT2D eigenvalue weighted by Crippen LogP contribution is -2.39. The summed E-state index contributed by atoms with van der Waals surface area (Å²) in [6.45, 7) is 9.19. The van der Waals surface area contributed by atoms with Crippen molar-refractivity contribution in [1.82, 2.24) is 10.2 Å². The van der Waals surface area contributed by atoms with Gasteiger partial charge in [0.25, 0.3) is 0 Å². The summed E-state index contributed by atoms with van der Waals surface area (Å²) in [5, 5.41) is 3.59. The topological polar surface area (TPSA) is 50.8 Å². The van der Waals surface area contributed by atoms with Crippen molar-refractivity contribution < 1.29 is 14.3 Å². The number of carbonyl (C=O) groups excluding carboxylic acids is 1. The molecule has 1 unspecified atom stereocenters. The fraction of sp³-hybridized carbons (Fsp3) is 0.611. The highest BCUT2D eigenvalue weighted by atomic mass is 16.6. The van der Waals surface area contributed by atoms with Crippen LogP contribution in [0.25, 0.3) is 0 Å². The van der Waals surface area contributed by atoms with Crippen molar-refractivity contribution in [3.8, 4) is 5.75 Å². The molecule has 1 fully saturated rings. The molecule has 0 aliphatic carbocycles. The van der Waals surface area contributed by atoms with E-state index in [1.54, 1.807) is 12.0 Å². The van der Waals surface area contributed by atoms with E-state index in [-0.39, 0.29) is 18.2 Å². The SMILES string of the molecule is COc1ccccc1[C@H](C)NC1CCN(C(=O)OC(C)(C)C)C1. The Labute approximate surface area is 139 Å². The molecule has 0 radical (unpaired) electrons. The molecule has 1 N–H and O–H groups in total. The minimum Gasteiger partial charge on any atom is -0.496 e. The van der Waals surface area contributed by atoms with Gasteiger partial charge in [-0.2, -0.15) is 0 Å². The number of amides is 1. The third-order valence-electron chi connectivity index (χ3n) is 3.93. The molecular weight excluding hydrogens is 292 g/mol. The van der Waals surface area contributed by atoms with Gasteiger partial charge in [0.05, 0.1) is 7.11 Å². The van der Waals surface area contributed by atoms with Gasteiger partial charge < -0.3 is 19.7 Å². The zero-order valence-electron chi connectivity index (χ0n) is 14.8. The first-order valence-electron chi connectivity index (χ1n) is 8.17. The number of hydrogen-bond acceptors (Lipinski definition) is 4. The molecule has 0 aromatic heterocycles. The Bertz CT molecular complexity index is 539. The van der Waals surface area contributed by atoms with Crippen LogP contribution >= 0.6 is 0 Å². The summed E-state index contributed by atoms with van der Waals surface area (Å²) in [5.41, 5.74) is 0.679. The van der Waals surface area contributed by atoms with Crippen molar-refractivity contribution >= 4 is 6.09 Å². The van der Waals surface area contributed by atoms with Crippen molar-refractivity contribution in [2.45, 2.75) is 51.8 Å². The molecule has 0 saturated carbocycles. The first-order chi connectivity index (χ1) is 10.8. The van der Waals surface area contributed by atoms with E-state index in [1.807, 2.05) is 39.0 Å². The largest absolute Gasteiger partial charge is 0.496 e. The van der Waals surface area contributed by atoms with Crippen LogP contribution in [0.3, 0.4) is 0 Å². The van der Waals surface area contributed by atoms with Crippen molar-refractivity contribution in [2.75, 3.05) is 20.2 Å². The predicted octanol–water partition coefficient (Wildman–Crippen LogP) is 3.36. The van der Waals surface area contributed by atoms with Crippen LogP contribution in [0.15, 0.2) is 24.3 Å². The van der Waals surface area contributed by atoms with E-state index >= 15 is 0 Å². The van der Waals surface area contributed by atoms with E-state index in [2.05, 4.69) is 18.3 Å². The fourth-order valence-electron chi connectivity index (χ4n) is 2.86.